The van der Waals surface area contributed by atoms with Gasteiger partial charge in [0, 0.05) is 12.6 Å². The molecule has 2 heteroatoms. The van der Waals surface area contributed by atoms with Crippen LogP contribution in [0.1, 0.15) is 43.0 Å². The zero-order chi connectivity index (χ0) is 12.8. The molecule has 0 aliphatic carbocycles. The van der Waals surface area contributed by atoms with Crippen LogP contribution in [0.3, 0.4) is 0 Å². The molecule has 2 N–H and O–H groups in total. The second-order valence-electron chi connectivity index (χ2n) is 4.84. The van der Waals surface area contributed by atoms with Crippen molar-refractivity contribution < 1.29 is 0 Å². The van der Waals surface area contributed by atoms with Crippen LogP contribution in [-0.2, 0) is 0 Å². The predicted molar refractivity (Wildman–Crippen MR) is 75.2 cm³/mol. The molecule has 0 aromatic heterocycles. The third kappa shape index (κ3) is 4.14. The van der Waals surface area contributed by atoms with Gasteiger partial charge in [0.15, 0.2) is 0 Å². The summed E-state index contributed by atoms with van der Waals surface area (Å²) in [6.07, 6.45) is 1.19. The molecule has 0 heterocycles. The van der Waals surface area contributed by atoms with E-state index in [2.05, 4.69) is 50.8 Å². The summed E-state index contributed by atoms with van der Waals surface area (Å²) >= 11 is 0. The fraction of sp³-hybridized carbons (Fsp3) is 0.600. The zero-order valence-electron chi connectivity index (χ0n) is 11.7. The molecular weight excluding hydrogens is 208 g/mol. The lowest BCUT2D eigenvalue weighted by atomic mass is 10.0. The van der Waals surface area contributed by atoms with Gasteiger partial charge < -0.3 is 10.6 Å². The Kier molecular flexibility index (Phi) is 5.66. The second-order valence-corrected chi connectivity index (χ2v) is 4.84. The number of hydrogen-bond acceptors (Lipinski definition) is 2. The maximum atomic E-state index is 6.28. The van der Waals surface area contributed by atoms with E-state index in [1.54, 1.807) is 0 Å². The highest BCUT2D eigenvalue weighted by atomic mass is 15.1. The largest absolute Gasteiger partial charge is 0.323 e. The molecule has 0 amide bonds. The van der Waals surface area contributed by atoms with E-state index in [0.29, 0.717) is 0 Å². The van der Waals surface area contributed by atoms with Gasteiger partial charge in [-0.15, -0.1) is 0 Å². The van der Waals surface area contributed by atoms with E-state index < -0.39 is 0 Å². The Bertz CT molecular complexity index is 347. The molecule has 1 unspecified atom stereocenters. The number of nitrogens with two attached hydrogens (primary N) is 1. The molecule has 0 saturated carbocycles. The molecule has 0 saturated heterocycles. The lowest BCUT2D eigenvalue weighted by Crippen LogP contribution is -2.32. The summed E-state index contributed by atoms with van der Waals surface area (Å²) in [7, 11) is 0. The Balaban J connectivity index is 2.68. The van der Waals surface area contributed by atoms with E-state index in [0.717, 1.165) is 19.6 Å². The van der Waals surface area contributed by atoms with Crippen LogP contribution in [0.4, 0.5) is 0 Å². The van der Waals surface area contributed by atoms with Crippen molar-refractivity contribution in [2.75, 3.05) is 19.6 Å². The van der Waals surface area contributed by atoms with Crippen LogP contribution >= 0.6 is 0 Å². The van der Waals surface area contributed by atoms with Crippen molar-refractivity contribution in [3.05, 3.63) is 34.9 Å². The molecule has 17 heavy (non-hydrogen) atoms. The van der Waals surface area contributed by atoms with Gasteiger partial charge in [-0.3, -0.25) is 0 Å². The summed E-state index contributed by atoms with van der Waals surface area (Å²) in [4.78, 5) is 2.42. The fourth-order valence-electron chi connectivity index (χ4n) is 2.07. The maximum absolute atomic E-state index is 6.28. The van der Waals surface area contributed by atoms with Crippen LogP contribution in [0, 0.1) is 13.8 Å². The molecule has 0 spiro atoms. The van der Waals surface area contributed by atoms with Crippen molar-refractivity contribution >= 4 is 0 Å². The highest BCUT2D eigenvalue weighted by molar-refractivity contribution is 5.31. The van der Waals surface area contributed by atoms with Gasteiger partial charge in [0.2, 0.25) is 0 Å². The summed E-state index contributed by atoms with van der Waals surface area (Å²) in [6.45, 7) is 11.9. The van der Waals surface area contributed by atoms with Gasteiger partial charge in [-0.2, -0.15) is 0 Å². The summed E-state index contributed by atoms with van der Waals surface area (Å²) in [5.74, 6) is 0. The first-order chi connectivity index (χ1) is 8.08. The van der Waals surface area contributed by atoms with E-state index in [9.17, 15) is 0 Å². The standard InChI is InChI=1S/C15H26N2/c1-5-9-17(6-2)11-15(16)14-8-7-12(3)13(4)10-14/h7-8,10,15H,5-6,9,11,16H2,1-4H3. The highest BCUT2D eigenvalue weighted by Crippen LogP contribution is 2.16. The van der Waals surface area contributed by atoms with E-state index in [-0.39, 0.29) is 6.04 Å². The molecule has 2 nitrogen and oxygen atoms in total. The Morgan fingerprint density at radius 1 is 1.18 bits per heavy atom. The lowest BCUT2D eigenvalue weighted by molar-refractivity contribution is 0.271. The van der Waals surface area contributed by atoms with Crippen molar-refractivity contribution in [2.24, 2.45) is 5.73 Å². The number of rotatable bonds is 6. The maximum Gasteiger partial charge on any atom is 0.0424 e. The van der Waals surface area contributed by atoms with Crippen molar-refractivity contribution in [2.45, 2.75) is 40.2 Å². The van der Waals surface area contributed by atoms with Gasteiger partial charge in [-0.1, -0.05) is 32.0 Å². The number of nitrogens with zero attached hydrogens (tertiary/aromatic N) is 1. The quantitative estimate of drug-likeness (QED) is 0.819. The lowest BCUT2D eigenvalue weighted by Gasteiger charge is -2.24. The van der Waals surface area contributed by atoms with Gasteiger partial charge >= 0.3 is 0 Å². The average molecular weight is 234 g/mol. The van der Waals surface area contributed by atoms with Crippen molar-refractivity contribution in [1.29, 1.82) is 0 Å². The van der Waals surface area contributed by atoms with Gasteiger partial charge in [-0.25, -0.2) is 0 Å². The van der Waals surface area contributed by atoms with Crippen molar-refractivity contribution in [1.82, 2.24) is 4.90 Å². The molecule has 0 aliphatic heterocycles. The minimum absolute atomic E-state index is 0.126. The number of benzene rings is 1. The monoisotopic (exact) mass is 234 g/mol. The highest BCUT2D eigenvalue weighted by Gasteiger charge is 2.11. The van der Waals surface area contributed by atoms with Crippen LogP contribution < -0.4 is 5.73 Å². The first kappa shape index (κ1) is 14.2. The minimum atomic E-state index is 0.126. The SMILES string of the molecule is CCCN(CC)CC(N)c1ccc(C)c(C)c1. The zero-order valence-corrected chi connectivity index (χ0v) is 11.7. The average Bonchev–Trinajstić information content (AvgIpc) is 2.31. The fourth-order valence-corrected chi connectivity index (χ4v) is 2.07. The van der Waals surface area contributed by atoms with E-state index in [1.165, 1.54) is 23.1 Å². The summed E-state index contributed by atoms with van der Waals surface area (Å²) in [5.41, 5.74) is 10.2. The third-order valence-electron chi connectivity index (χ3n) is 3.40. The second kappa shape index (κ2) is 6.77. The Morgan fingerprint density at radius 3 is 2.41 bits per heavy atom. The molecule has 1 atom stereocenters. The molecule has 1 aromatic rings. The molecule has 0 radical (unpaired) electrons. The van der Waals surface area contributed by atoms with Crippen LogP contribution in [0.5, 0.6) is 0 Å². The summed E-state index contributed by atoms with van der Waals surface area (Å²) in [6, 6.07) is 6.67. The van der Waals surface area contributed by atoms with E-state index in [4.69, 9.17) is 5.73 Å². The summed E-state index contributed by atoms with van der Waals surface area (Å²) < 4.78 is 0. The van der Waals surface area contributed by atoms with Crippen molar-refractivity contribution in [3.8, 4) is 0 Å². The molecule has 96 valence electrons. The molecule has 1 rings (SSSR count). The number of likely N-dealkylation sites (N-methyl/N-ethyl adjacent to an activating group) is 1. The first-order valence-electron chi connectivity index (χ1n) is 6.63. The Hall–Kier alpha value is -0.860. The van der Waals surface area contributed by atoms with Gasteiger partial charge in [0.05, 0.1) is 0 Å². The Labute approximate surface area is 106 Å². The van der Waals surface area contributed by atoms with E-state index >= 15 is 0 Å². The molecule has 1 aromatic carbocycles. The predicted octanol–water partition coefficient (Wildman–Crippen LogP) is 3.04. The third-order valence-corrected chi connectivity index (χ3v) is 3.40. The normalized spacial score (nSPS) is 13.1. The minimum Gasteiger partial charge on any atom is -0.323 e. The number of aryl methyl sites for hydroxylation is 2. The Morgan fingerprint density at radius 2 is 1.88 bits per heavy atom. The molecular formula is C15H26N2. The topological polar surface area (TPSA) is 29.3 Å². The molecule has 0 bridgehead atoms. The molecule has 0 aliphatic rings. The van der Waals surface area contributed by atoms with Crippen LogP contribution in [0.15, 0.2) is 18.2 Å². The number of hydrogen-bond donors (Lipinski definition) is 1. The van der Waals surface area contributed by atoms with E-state index in [1.807, 2.05) is 0 Å². The van der Waals surface area contributed by atoms with Crippen LogP contribution in [0.2, 0.25) is 0 Å². The van der Waals surface area contributed by atoms with Gasteiger partial charge in [0.25, 0.3) is 0 Å². The van der Waals surface area contributed by atoms with Crippen LogP contribution in [0.25, 0.3) is 0 Å². The van der Waals surface area contributed by atoms with Gasteiger partial charge in [-0.05, 0) is 50.0 Å². The van der Waals surface area contributed by atoms with Crippen molar-refractivity contribution in [3.63, 3.8) is 0 Å². The van der Waals surface area contributed by atoms with Gasteiger partial charge in [0.1, 0.15) is 0 Å². The molecule has 0 fully saturated rings. The first-order valence-corrected chi connectivity index (χ1v) is 6.63. The summed E-state index contributed by atoms with van der Waals surface area (Å²) in [5, 5.41) is 0. The smallest absolute Gasteiger partial charge is 0.0424 e. The van der Waals surface area contributed by atoms with Crippen LogP contribution in [-0.4, -0.2) is 24.5 Å².